The molecule has 0 saturated carbocycles. The van der Waals surface area contributed by atoms with Crippen LogP contribution in [0, 0.1) is 6.92 Å². The first kappa shape index (κ1) is 17.3. The van der Waals surface area contributed by atoms with Gasteiger partial charge in [0.2, 0.25) is 10.0 Å². The van der Waals surface area contributed by atoms with Gasteiger partial charge in [-0.2, -0.15) is 4.31 Å². The number of hydrogen-bond donors (Lipinski definition) is 1. The second-order valence-corrected chi connectivity index (χ2v) is 8.76. The number of benzene rings is 2. The van der Waals surface area contributed by atoms with Gasteiger partial charge in [-0.25, -0.2) is 8.42 Å². The minimum absolute atomic E-state index is 0.0413. The van der Waals surface area contributed by atoms with Crippen LogP contribution >= 0.6 is 11.6 Å². The number of halogens is 1. The number of carbonyl (C=O) groups excluding carboxylic acids is 1. The predicted octanol–water partition coefficient (Wildman–Crippen LogP) is 3.79. The summed E-state index contributed by atoms with van der Waals surface area (Å²) in [6.45, 7) is 2.84. The first-order chi connectivity index (χ1) is 12.4. The van der Waals surface area contributed by atoms with Gasteiger partial charge in [-0.05, 0) is 43.5 Å². The molecule has 0 aromatic heterocycles. The second-order valence-electron chi connectivity index (χ2n) is 6.45. The van der Waals surface area contributed by atoms with Crippen molar-refractivity contribution in [3.63, 3.8) is 0 Å². The molecule has 2 aliphatic heterocycles. The van der Waals surface area contributed by atoms with Gasteiger partial charge in [0.25, 0.3) is 5.91 Å². The number of fused-ring (bicyclic) bond motifs is 2. The third kappa shape index (κ3) is 2.86. The molecular formula is C18H17ClN2O4S. The van der Waals surface area contributed by atoms with Crippen LogP contribution in [0.4, 0.5) is 5.69 Å². The highest BCUT2D eigenvalue weighted by Crippen LogP contribution is 2.40. The van der Waals surface area contributed by atoms with Crippen LogP contribution in [0.3, 0.4) is 0 Å². The maximum absolute atomic E-state index is 12.9. The molecule has 26 heavy (non-hydrogen) atoms. The first-order valence-corrected chi connectivity index (χ1v) is 10.1. The molecule has 1 fully saturated rings. The Morgan fingerprint density at radius 2 is 1.85 bits per heavy atom. The Balaban J connectivity index is 1.82. The largest absolute Gasteiger partial charge is 0.454 e. The molecule has 0 aliphatic carbocycles. The fraction of sp³-hybridized carbons (Fsp3) is 0.278. The second kappa shape index (κ2) is 6.26. The van der Waals surface area contributed by atoms with Gasteiger partial charge in [0.15, 0.2) is 5.75 Å². The molecule has 1 amide bonds. The molecule has 0 atom stereocenters. The Morgan fingerprint density at radius 3 is 2.58 bits per heavy atom. The summed E-state index contributed by atoms with van der Waals surface area (Å²) in [6.07, 6.45) is 1.64. The van der Waals surface area contributed by atoms with E-state index in [1.807, 2.05) is 13.0 Å². The summed E-state index contributed by atoms with van der Waals surface area (Å²) in [5.74, 6) is 0.290. The number of carbonyl (C=O) groups is 1. The summed E-state index contributed by atoms with van der Waals surface area (Å²) in [6, 6.07) is 8.11. The van der Waals surface area contributed by atoms with Crippen molar-refractivity contribution in [2.24, 2.45) is 0 Å². The molecule has 1 saturated heterocycles. The summed E-state index contributed by atoms with van der Waals surface area (Å²) in [4.78, 5) is 12.6. The van der Waals surface area contributed by atoms with Crippen LogP contribution in [0.25, 0.3) is 0 Å². The van der Waals surface area contributed by atoms with E-state index in [4.69, 9.17) is 16.3 Å². The van der Waals surface area contributed by atoms with Crippen molar-refractivity contribution in [1.29, 1.82) is 0 Å². The van der Waals surface area contributed by atoms with Gasteiger partial charge in [0.1, 0.15) is 10.6 Å². The molecule has 0 bridgehead atoms. The number of anilines is 1. The average Bonchev–Trinajstić information content (AvgIpc) is 3.08. The summed E-state index contributed by atoms with van der Waals surface area (Å²) in [7, 11) is -3.75. The molecule has 1 N–H and O–H groups in total. The standard InChI is InChI=1S/C18H17ClN2O4S/c1-11-4-5-14-16(8-11)25-15-10-13(19)17(9-12(15)18(22)20-14)26(23,24)21-6-2-3-7-21/h4-5,8-10H,2-3,6-7H2,1H3,(H,20,22). The third-order valence-corrected chi connectivity index (χ3v) is 6.93. The van der Waals surface area contributed by atoms with Gasteiger partial charge >= 0.3 is 0 Å². The van der Waals surface area contributed by atoms with Crippen molar-refractivity contribution in [2.75, 3.05) is 18.4 Å². The van der Waals surface area contributed by atoms with E-state index in [1.165, 1.54) is 16.4 Å². The number of aryl methyl sites for hydroxylation is 1. The van der Waals surface area contributed by atoms with E-state index in [1.54, 1.807) is 12.1 Å². The highest BCUT2D eigenvalue weighted by molar-refractivity contribution is 7.89. The lowest BCUT2D eigenvalue weighted by atomic mass is 10.2. The van der Waals surface area contributed by atoms with Crippen LogP contribution in [0.2, 0.25) is 5.02 Å². The van der Waals surface area contributed by atoms with E-state index in [9.17, 15) is 13.2 Å². The Hall–Kier alpha value is -2.09. The van der Waals surface area contributed by atoms with E-state index in [0.717, 1.165) is 18.4 Å². The Labute approximate surface area is 156 Å². The van der Waals surface area contributed by atoms with Crippen molar-refractivity contribution in [1.82, 2.24) is 4.31 Å². The molecule has 2 heterocycles. The smallest absolute Gasteiger partial charge is 0.259 e. The molecule has 8 heteroatoms. The number of nitrogens with zero attached hydrogens (tertiary/aromatic N) is 1. The number of rotatable bonds is 2. The molecular weight excluding hydrogens is 376 g/mol. The monoisotopic (exact) mass is 392 g/mol. The molecule has 6 nitrogen and oxygen atoms in total. The summed E-state index contributed by atoms with van der Waals surface area (Å²) in [5, 5.41) is 2.80. The van der Waals surface area contributed by atoms with Gasteiger partial charge in [0.05, 0.1) is 16.3 Å². The van der Waals surface area contributed by atoms with Crippen molar-refractivity contribution >= 4 is 33.2 Å². The number of hydrogen-bond acceptors (Lipinski definition) is 4. The van der Waals surface area contributed by atoms with Crippen molar-refractivity contribution < 1.29 is 17.9 Å². The number of sulfonamides is 1. The predicted molar refractivity (Wildman–Crippen MR) is 98.7 cm³/mol. The first-order valence-electron chi connectivity index (χ1n) is 8.30. The van der Waals surface area contributed by atoms with E-state index in [2.05, 4.69) is 5.32 Å². The lowest BCUT2D eigenvalue weighted by Gasteiger charge is -2.18. The van der Waals surface area contributed by atoms with E-state index in [-0.39, 0.29) is 21.2 Å². The van der Waals surface area contributed by atoms with E-state index >= 15 is 0 Å². The minimum atomic E-state index is -3.75. The minimum Gasteiger partial charge on any atom is -0.454 e. The summed E-state index contributed by atoms with van der Waals surface area (Å²) >= 11 is 6.27. The quantitative estimate of drug-likeness (QED) is 0.843. The highest BCUT2D eigenvalue weighted by Gasteiger charge is 2.32. The summed E-state index contributed by atoms with van der Waals surface area (Å²) < 4.78 is 33.0. The normalized spacial score (nSPS) is 17.1. The van der Waals surface area contributed by atoms with Crippen LogP contribution in [-0.4, -0.2) is 31.7 Å². The molecule has 2 aliphatic rings. The highest BCUT2D eigenvalue weighted by atomic mass is 35.5. The third-order valence-electron chi connectivity index (χ3n) is 4.57. The Kier molecular flexibility index (Phi) is 4.17. The number of ether oxygens (including phenoxy) is 1. The lowest BCUT2D eigenvalue weighted by Crippen LogP contribution is -2.28. The van der Waals surface area contributed by atoms with Crippen LogP contribution in [0.5, 0.6) is 11.5 Å². The van der Waals surface area contributed by atoms with Gasteiger partial charge < -0.3 is 10.1 Å². The molecule has 2 aromatic rings. The fourth-order valence-corrected chi connectivity index (χ4v) is 5.22. The lowest BCUT2D eigenvalue weighted by molar-refractivity contribution is 0.102. The number of amides is 1. The van der Waals surface area contributed by atoms with Gasteiger partial charge in [-0.15, -0.1) is 0 Å². The molecule has 2 aromatic carbocycles. The van der Waals surface area contributed by atoms with Crippen molar-refractivity contribution in [3.8, 4) is 11.5 Å². The van der Waals surface area contributed by atoms with Crippen molar-refractivity contribution in [2.45, 2.75) is 24.7 Å². The Bertz CT molecular complexity index is 1010. The van der Waals surface area contributed by atoms with Gasteiger partial charge in [-0.1, -0.05) is 17.7 Å². The van der Waals surface area contributed by atoms with Crippen LogP contribution in [0.1, 0.15) is 28.8 Å². The zero-order valence-corrected chi connectivity index (χ0v) is 15.7. The Morgan fingerprint density at radius 1 is 1.12 bits per heavy atom. The van der Waals surface area contributed by atoms with Crippen LogP contribution < -0.4 is 10.1 Å². The maximum atomic E-state index is 12.9. The van der Waals surface area contributed by atoms with Crippen LogP contribution in [-0.2, 0) is 10.0 Å². The van der Waals surface area contributed by atoms with Crippen LogP contribution in [0.15, 0.2) is 35.2 Å². The van der Waals surface area contributed by atoms with E-state index in [0.29, 0.717) is 24.5 Å². The number of nitrogens with one attached hydrogen (secondary N) is 1. The van der Waals surface area contributed by atoms with Crippen molar-refractivity contribution in [3.05, 3.63) is 46.5 Å². The SMILES string of the molecule is Cc1ccc2c(c1)Oc1cc(Cl)c(S(=O)(=O)N3CCCC3)cc1C(=O)N2. The molecule has 0 unspecified atom stereocenters. The molecule has 0 radical (unpaired) electrons. The average molecular weight is 393 g/mol. The molecule has 4 rings (SSSR count). The fourth-order valence-electron chi connectivity index (χ4n) is 3.19. The zero-order valence-electron chi connectivity index (χ0n) is 14.1. The summed E-state index contributed by atoms with van der Waals surface area (Å²) in [5.41, 5.74) is 1.64. The van der Waals surface area contributed by atoms with Gasteiger partial charge in [0, 0.05) is 19.2 Å². The van der Waals surface area contributed by atoms with Gasteiger partial charge in [-0.3, -0.25) is 4.79 Å². The topological polar surface area (TPSA) is 75.7 Å². The van der Waals surface area contributed by atoms with E-state index < -0.39 is 15.9 Å². The maximum Gasteiger partial charge on any atom is 0.259 e. The molecule has 136 valence electrons. The molecule has 0 spiro atoms. The zero-order chi connectivity index (χ0) is 18.5.